The predicted octanol–water partition coefficient (Wildman–Crippen LogP) is 3.02. The Morgan fingerprint density at radius 2 is 1.97 bits per heavy atom. The molecule has 0 aliphatic carbocycles. The van der Waals surface area contributed by atoms with Gasteiger partial charge in [0, 0.05) is 21.3 Å². The van der Waals surface area contributed by atoms with Gasteiger partial charge < -0.3 is 9.47 Å². The maximum absolute atomic E-state index is 13.1. The van der Waals surface area contributed by atoms with Crippen molar-refractivity contribution in [1.29, 1.82) is 0 Å². The van der Waals surface area contributed by atoms with Crippen LogP contribution >= 0.6 is 39.3 Å². The molecule has 0 unspecified atom stereocenters. The molecule has 1 N–H and O–H groups in total. The summed E-state index contributed by atoms with van der Waals surface area (Å²) in [6.07, 6.45) is -0.639. The van der Waals surface area contributed by atoms with Crippen LogP contribution in [0.1, 0.15) is 18.7 Å². The highest BCUT2D eigenvalue weighted by Gasteiger charge is 2.35. The van der Waals surface area contributed by atoms with Gasteiger partial charge in [0.05, 0.1) is 24.6 Å². The summed E-state index contributed by atoms with van der Waals surface area (Å²) in [6, 6.07) is 9.05. The normalized spacial score (nSPS) is 17.4. The lowest BCUT2D eigenvalue weighted by Gasteiger charge is -2.34. The molecule has 2 heterocycles. The van der Waals surface area contributed by atoms with Crippen LogP contribution in [0.15, 0.2) is 44.9 Å². The van der Waals surface area contributed by atoms with E-state index in [1.165, 1.54) is 11.8 Å². The van der Waals surface area contributed by atoms with E-state index in [4.69, 9.17) is 26.1 Å². The number of amidine groups is 1. The van der Waals surface area contributed by atoms with Crippen molar-refractivity contribution >= 4 is 56.1 Å². The van der Waals surface area contributed by atoms with Gasteiger partial charge in [0.1, 0.15) is 5.70 Å². The first-order valence-corrected chi connectivity index (χ1v) is 11.2. The van der Waals surface area contributed by atoms with Crippen molar-refractivity contribution in [3.05, 3.63) is 56.0 Å². The van der Waals surface area contributed by atoms with Gasteiger partial charge in [-0.1, -0.05) is 46.2 Å². The van der Waals surface area contributed by atoms with Crippen LogP contribution in [0.2, 0.25) is 5.02 Å². The Morgan fingerprint density at radius 3 is 2.67 bits per heavy atom. The number of rotatable bonds is 4. The molecular formula is C20H18BrClN4O3S. The molecule has 0 saturated heterocycles. The number of nitrogens with zero attached hydrogens (tertiary/aromatic N) is 3. The number of halogens is 2. The molecule has 0 saturated carbocycles. The van der Waals surface area contributed by atoms with Gasteiger partial charge in [-0.25, -0.2) is 5.01 Å². The van der Waals surface area contributed by atoms with E-state index in [0.717, 1.165) is 10.2 Å². The summed E-state index contributed by atoms with van der Waals surface area (Å²) >= 11 is 11.5. The Morgan fingerprint density at radius 1 is 1.23 bits per heavy atom. The van der Waals surface area contributed by atoms with Crippen LogP contribution in [0.4, 0.5) is 0 Å². The number of hydrazone groups is 1. The first-order chi connectivity index (χ1) is 14.5. The molecular weight excluding hydrogens is 492 g/mol. The van der Waals surface area contributed by atoms with Crippen molar-refractivity contribution in [3.63, 3.8) is 0 Å². The summed E-state index contributed by atoms with van der Waals surface area (Å²) in [4.78, 5) is 17.9. The van der Waals surface area contributed by atoms with Gasteiger partial charge in [0.2, 0.25) is 0 Å². The number of amides is 1. The number of carbonyl (C=O) groups is 1. The van der Waals surface area contributed by atoms with Crippen LogP contribution < -0.4 is 25.4 Å². The first kappa shape index (κ1) is 21.0. The van der Waals surface area contributed by atoms with E-state index in [2.05, 4.69) is 26.3 Å². The number of benzene rings is 2. The fourth-order valence-electron chi connectivity index (χ4n) is 3.32. The molecule has 0 bridgehead atoms. The third-order valence-corrected chi connectivity index (χ3v) is 6.20. The van der Waals surface area contributed by atoms with Gasteiger partial charge in [-0.2, -0.15) is 0 Å². The highest BCUT2D eigenvalue weighted by Crippen LogP contribution is 2.40. The molecule has 0 aromatic heterocycles. The lowest BCUT2D eigenvalue weighted by atomic mass is 10.1. The van der Waals surface area contributed by atoms with E-state index in [9.17, 15) is 4.79 Å². The number of thioether (sulfide) groups is 1. The van der Waals surface area contributed by atoms with E-state index in [0.29, 0.717) is 43.5 Å². The van der Waals surface area contributed by atoms with Crippen LogP contribution in [-0.4, -0.2) is 36.1 Å². The molecule has 7 nitrogen and oxygen atoms in total. The minimum absolute atomic E-state index is 0.239. The molecule has 2 aromatic rings. The van der Waals surface area contributed by atoms with Gasteiger partial charge in [-0.3, -0.25) is 15.1 Å². The average Bonchev–Trinajstić information content (AvgIpc) is 2.73. The maximum atomic E-state index is 13.1. The van der Waals surface area contributed by atoms with Crippen molar-refractivity contribution in [2.24, 2.45) is 10.1 Å². The lowest BCUT2D eigenvalue weighted by Crippen LogP contribution is -2.50. The smallest absolute Gasteiger partial charge is 0.276 e. The second-order valence-corrected chi connectivity index (χ2v) is 8.95. The van der Waals surface area contributed by atoms with Crippen molar-refractivity contribution in [1.82, 2.24) is 10.3 Å². The molecule has 2 aromatic carbocycles. The molecule has 1 atom stereocenters. The van der Waals surface area contributed by atoms with Crippen LogP contribution in [0.3, 0.4) is 0 Å². The number of ether oxygens (including phenoxy) is 2. The molecule has 1 amide bonds. The molecule has 10 heteroatoms. The van der Waals surface area contributed by atoms with E-state index in [1.54, 1.807) is 31.4 Å². The topological polar surface area (TPSA) is 75.5 Å². The van der Waals surface area contributed by atoms with Crippen molar-refractivity contribution in [2.75, 3.05) is 20.0 Å². The molecule has 2 aliphatic rings. The highest BCUT2D eigenvalue weighted by atomic mass is 79.9. The standard InChI is InChI=1S/C20H18BrClN4O3S/c1-4-30-20-24-19(27)17-12-7-10(21)5-6-14(12)23-18(26(17)25-20)11-8-15(28-2)16(29-3)9-13(11)22/h5-9,18H,4H2,1-3H3,(H,24,25,27)/t18-/m0/s1. The molecule has 4 rings (SSSR count). The SMILES string of the molecule is CCSC1=NN2C(=c3cc(Br)ccc3=N[C@@H]2c2cc(OC)c(OC)cc2Cl)C(=O)N1. The molecule has 156 valence electrons. The third kappa shape index (κ3) is 3.66. The van der Waals surface area contributed by atoms with E-state index in [-0.39, 0.29) is 5.91 Å². The molecule has 30 heavy (non-hydrogen) atoms. The number of carbonyl (C=O) groups excluding carboxylic acids is 1. The fourth-order valence-corrected chi connectivity index (χ4v) is 4.52. The van der Waals surface area contributed by atoms with Crippen LogP contribution in [-0.2, 0) is 4.79 Å². The third-order valence-electron chi connectivity index (χ3n) is 4.63. The van der Waals surface area contributed by atoms with Gasteiger partial charge in [-0.05, 0) is 30.0 Å². The lowest BCUT2D eigenvalue weighted by molar-refractivity contribution is -0.116. The number of hydrogen-bond acceptors (Lipinski definition) is 7. The Balaban J connectivity index is 1.98. The monoisotopic (exact) mass is 508 g/mol. The van der Waals surface area contributed by atoms with Crippen LogP contribution in [0.25, 0.3) is 5.70 Å². The van der Waals surface area contributed by atoms with Crippen molar-refractivity contribution in [3.8, 4) is 11.5 Å². The van der Waals surface area contributed by atoms with Gasteiger partial charge in [0.25, 0.3) is 5.91 Å². The van der Waals surface area contributed by atoms with Crippen molar-refractivity contribution < 1.29 is 14.3 Å². The molecule has 0 fully saturated rings. The van der Waals surface area contributed by atoms with Crippen LogP contribution in [0, 0.1) is 0 Å². The number of methoxy groups -OCH3 is 2. The van der Waals surface area contributed by atoms with Crippen LogP contribution in [0.5, 0.6) is 11.5 Å². The maximum Gasteiger partial charge on any atom is 0.276 e. The van der Waals surface area contributed by atoms with E-state index in [1.807, 2.05) is 25.1 Å². The quantitative estimate of drug-likeness (QED) is 0.686. The summed E-state index contributed by atoms with van der Waals surface area (Å²) in [5.74, 6) is 1.56. The summed E-state index contributed by atoms with van der Waals surface area (Å²) in [6.45, 7) is 1.99. The van der Waals surface area contributed by atoms with E-state index >= 15 is 0 Å². The zero-order chi connectivity index (χ0) is 21.4. The largest absolute Gasteiger partial charge is 0.493 e. The second kappa shape index (κ2) is 8.49. The minimum atomic E-state index is -0.639. The highest BCUT2D eigenvalue weighted by molar-refractivity contribution is 9.10. The number of hydrogen-bond donors (Lipinski definition) is 1. The minimum Gasteiger partial charge on any atom is -0.493 e. The molecule has 0 spiro atoms. The predicted molar refractivity (Wildman–Crippen MR) is 121 cm³/mol. The second-order valence-electron chi connectivity index (χ2n) is 6.38. The zero-order valence-corrected chi connectivity index (χ0v) is 19.6. The molecule has 2 aliphatic heterocycles. The summed E-state index contributed by atoms with van der Waals surface area (Å²) in [5, 5.41) is 11.5. The fraction of sp³-hybridized carbons (Fsp3) is 0.250. The Bertz CT molecular complexity index is 1190. The summed E-state index contributed by atoms with van der Waals surface area (Å²) < 4.78 is 11.6. The Hall–Kier alpha value is -2.23. The first-order valence-electron chi connectivity index (χ1n) is 9.08. The Kier molecular flexibility index (Phi) is 5.95. The summed E-state index contributed by atoms with van der Waals surface area (Å²) in [7, 11) is 3.10. The van der Waals surface area contributed by atoms with Gasteiger partial charge >= 0.3 is 0 Å². The summed E-state index contributed by atoms with van der Waals surface area (Å²) in [5.41, 5.74) is 1.07. The Labute approximate surface area is 190 Å². The van der Waals surface area contributed by atoms with Gasteiger partial charge in [-0.15, -0.1) is 5.10 Å². The molecule has 0 radical (unpaired) electrons. The average molecular weight is 510 g/mol. The van der Waals surface area contributed by atoms with Crippen molar-refractivity contribution in [2.45, 2.75) is 13.1 Å². The number of fused-ring (bicyclic) bond motifs is 2. The zero-order valence-electron chi connectivity index (χ0n) is 16.4. The van der Waals surface area contributed by atoms with Gasteiger partial charge in [0.15, 0.2) is 22.8 Å². The number of nitrogens with one attached hydrogen (secondary N) is 1. The van der Waals surface area contributed by atoms with E-state index < -0.39 is 6.17 Å².